The molecule has 1 amide bonds. The first-order chi connectivity index (χ1) is 11.7. The maximum Gasteiger partial charge on any atom is 0.283 e. The third-order valence-electron chi connectivity index (χ3n) is 3.55. The highest BCUT2D eigenvalue weighted by Crippen LogP contribution is 2.31. The molecule has 0 atom stereocenters. The van der Waals surface area contributed by atoms with Crippen molar-refractivity contribution in [2.75, 3.05) is 0 Å². The number of sulfone groups is 1. The average molecular weight is 441 g/mol. The van der Waals surface area contributed by atoms with E-state index in [2.05, 4.69) is 25.3 Å². The van der Waals surface area contributed by atoms with E-state index in [0.29, 0.717) is 5.56 Å². The standard InChI is InChI=1S/C15H13BrN4O3S2/c1-8(2)25(22,23)15-19-24-14-18-13(21)11(12(17)20(14)15)7-9-3-5-10(16)6-4-9/h3-8,17H,1-2H3/b11-7-,17-12?. The maximum atomic E-state index is 12.5. The fraction of sp³-hybridized carbons (Fsp3) is 0.200. The van der Waals surface area contributed by atoms with Gasteiger partial charge in [0.25, 0.3) is 5.91 Å². The zero-order valence-electron chi connectivity index (χ0n) is 13.2. The molecule has 0 saturated heterocycles. The van der Waals surface area contributed by atoms with Crippen LogP contribution in [0.25, 0.3) is 6.08 Å². The molecule has 0 fully saturated rings. The number of carbonyl (C=O) groups excluding carboxylic acids is 1. The summed E-state index contributed by atoms with van der Waals surface area (Å²) in [6.07, 6.45) is 1.51. The van der Waals surface area contributed by atoms with Crippen LogP contribution in [0.15, 0.2) is 43.7 Å². The number of rotatable bonds is 2. The van der Waals surface area contributed by atoms with Gasteiger partial charge in [0, 0.05) is 4.47 Å². The molecule has 130 valence electrons. The van der Waals surface area contributed by atoms with Gasteiger partial charge in [-0.05, 0) is 37.6 Å². The van der Waals surface area contributed by atoms with Gasteiger partial charge in [0.15, 0.2) is 0 Å². The lowest BCUT2D eigenvalue weighted by molar-refractivity contribution is -0.114. The largest absolute Gasteiger partial charge is 0.283 e. The molecular weight excluding hydrogens is 428 g/mol. The van der Waals surface area contributed by atoms with Gasteiger partial charge in [-0.15, -0.1) is 0 Å². The summed E-state index contributed by atoms with van der Waals surface area (Å²) in [7, 11) is -3.71. The lowest BCUT2D eigenvalue weighted by Gasteiger charge is -2.25. The second-order valence-corrected chi connectivity index (χ2v) is 9.60. The summed E-state index contributed by atoms with van der Waals surface area (Å²) in [5.74, 6) is -0.837. The Morgan fingerprint density at radius 2 is 1.92 bits per heavy atom. The topological polar surface area (TPSA) is 103 Å². The minimum Gasteiger partial charge on any atom is -0.283 e. The Balaban J connectivity index is 2.04. The molecule has 0 aliphatic carbocycles. The van der Waals surface area contributed by atoms with E-state index in [1.807, 2.05) is 0 Å². The Morgan fingerprint density at radius 1 is 1.28 bits per heavy atom. The first kappa shape index (κ1) is 18.0. The lowest BCUT2D eigenvalue weighted by Crippen LogP contribution is -2.46. The first-order valence-corrected chi connectivity index (χ1v) is 10.3. The highest BCUT2D eigenvalue weighted by molar-refractivity contribution is 9.10. The molecule has 10 heteroatoms. The summed E-state index contributed by atoms with van der Waals surface area (Å²) in [5, 5.41) is 7.46. The number of hydrogen-bond donors (Lipinski definition) is 1. The summed E-state index contributed by atoms with van der Waals surface area (Å²) >= 11 is 4.12. The SMILES string of the molecule is CC(C)S(=O)(=O)C1=NSC2=NC(=O)/C(=C\c3ccc(Br)cc3)C(=N)N21. The summed E-state index contributed by atoms with van der Waals surface area (Å²) in [6, 6.07) is 7.16. The normalized spacial score (nSPS) is 19.4. The molecule has 2 aliphatic rings. The van der Waals surface area contributed by atoms with Crippen LogP contribution in [0.4, 0.5) is 0 Å². The zero-order valence-corrected chi connectivity index (χ0v) is 16.4. The molecule has 7 nitrogen and oxygen atoms in total. The van der Waals surface area contributed by atoms with Crippen molar-refractivity contribution in [2.24, 2.45) is 9.39 Å². The number of aliphatic imine (C=N–C) groups is 1. The minimum absolute atomic E-state index is 0.0141. The molecule has 2 aliphatic heterocycles. The number of amidine groups is 3. The summed E-state index contributed by atoms with van der Waals surface area (Å²) in [6.45, 7) is 3.07. The number of fused-ring (bicyclic) bond motifs is 1. The monoisotopic (exact) mass is 440 g/mol. The summed E-state index contributed by atoms with van der Waals surface area (Å²) in [5.41, 5.74) is 0.715. The van der Waals surface area contributed by atoms with Crippen LogP contribution in [-0.2, 0) is 14.6 Å². The number of nitrogens with zero attached hydrogens (tertiary/aromatic N) is 3. The number of nitrogens with one attached hydrogen (secondary N) is 1. The van der Waals surface area contributed by atoms with Crippen LogP contribution in [-0.4, -0.2) is 40.6 Å². The maximum absolute atomic E-state index is 12.5. The van der Waals surface area contributed by atoms with Crippen LogP contribution in [0.1, 0.15) is 19.4 Å². The molecule has 1 aromatic carbocycles. The average Bonchev–Trinajstić information content (AvgIpc) is 2.97. The molecule has 0 aromatic heterocycles. The number of benzene rings is 1. The predicted molar refractivity (Wildman–Crippen MR) is 103 cm³/mol. The molecule has 0 saturated carbocycles. The molecule has 0 unspecified atom stereocenters. The van der Waals surface area contributed by atoms with Gasteiger partial charge >= 0.3 is 0 Å². The van der Waals surface area contributed by atoms with E-state index < -0.39 is 21.0 Å². The molecule has 0 spiro atoms. The van der Waals surface area contributed by atoms with E-state index in [4.69, 9.17) is 5.41 Å². The van der Waals surface area contributed by atoms with Gasteiger partial charge in [-0.1, -0.05) is 28.1 Å². The van der Waals surface area contributed by atoms with Crippen LogP contribution in [0, 0.1) is 5.41 Å². The van der Waals surface area contributed by atoms with Crippen LogP contribution < -0.4 is 0 Å². The number of hydrogen-bond acceptors (Lipinski definition) is 6. The van der Waals surface area contributed by atoms with Crippen molar-refractivity contribution in [1.29, 1.82) is 5.41 Å². The quantitative estimate of drug-likeness (QED) is 0.562. The molecule has 2 heterocycles. The highest BCUT2D eigenvalue weighted by atomic mass is 79.9. The van der Waals surface area contributed by atoms with Crippen molar-refractivity contribution in [3.05, 3.63) is 39.9 Å². The fourth-order valence-corrected chi connectivity index (χ4v) is 4.45. The van der Waals surface area contributed by atoms with Gasteiger partial charge in [0.1, 0.15) is 5.84 Å². The van der Waals surface area contributed by atoms with E-state index in [9.17, 15) is 13.2 Å². The Labute approximate surface area is 157 Å². The van der Waals surface area contributed by atoms with Crippen LogP contribution in [0.2, 0.25) is 0 Å². The molecule has 0 radical (unpaired) electrons. The second kappa shape index (κ2) is 6.50. The van der Waals surface area contributed by atoms with Gasteiger partial charge < -0.3 is 0 Å². The molecule has 3 rings (SSSR count). The van der Waals surface area contributed by atoms with Crippen molar-refractivity contribution in [2.45, 2.75) is 19.1 Å². The molecule has 1 N–H and O–H groups in total. The van der Waals surface area contributed by atoms with E-state index >= 15 is 0 Å². The second-order valence-electron chi connectivity index (χ2n) is 5.55. The highest BCUT2D eigenvalue weighted by Gasteiger charge is 2.43. The zero-order chi connectivity index (χ0) is 18.4. The Kier molecular flexibility index (Phi) is 4.69. The lowest BCUT2D eigenvalue weighted by atomic mass is 10.1. The van der Waals surface area contributed by atoms with E-state index in [-0.39, 0.29) is 21.7 Å². The molecule has 25 heavy (non-hydrogen) atoms. The van der Waals surface area contributed by atoms with Gasteiger partial charge in [-0.2, -0.15) is 9.39 Å². The molecule has 0 bridgehead atoms. The van der Waals surface area contributed by atoms with Gasteiger partial charge in [0.2, 0.25) is 20.2 Å². The van der Waals surface area contributed by atoms with Crippen molar-refractivity contribution >= 4 is 65.9 Å². The van der Waals surface area contributed by atoms with Crippen LogP contribution in [0.3, 0.4) is 0 Å². The van der Waals surface area contributed by atoms with Crippen molar-refractivity contribution in [3.63, 3.8) is 0 Å². The number of amides is 1. The van der Waals surface area contributed by atoms with Crippen LogP contribution >= 0.6 is 27.9 Å². The Bertz CT molecular complexity index is 963. The predicted octanol–water partition coefficient (Wildman–Crippen LogP) is 2.85. The smallest absolute Gasteiger partial charge is 0.283 e. The van der Waals surface area contributed by atoms with E-state index in [0.717, 1.165) is 21.3 Å². The fourth-order valence-electron chi connectivity index (χ4n) is 2.12. The van der Waals surface area contributed by atoms with Crippen LogP contribution in [0.5, 0.6) is 0 Å². The summed E-state index contributed by atoms with van der Waals surface area (Å²) in [4.78, 5) is 17.3. The molecular formula is C15H13BrN4O3S2. The Morgan fingerprint density at radius 3 is 2.52 bits per heavy atom. The Hall–Kier alpha value is -1.78. The van der Waals surface area contributed by atoms with Gasteiger partial charge in [-0.3, -0.25) is 10.2 Å². The van der Waals surface area contributed by atoms with Crippen molar-refractivity contribution in [1.82, 2.24) is 4.90 Å². The molecule has 1 aromatic rings. The number of carbonyl (C=O) groups is 1. The van der Waals surface area contributed by atoms with Gasteiger partial charge in [-0.25, -0.2) is 13.3 Å². The minimum atomic E-state index is -3.71. The summed E-state index contributed by atoms with van der Waals surface area (Å²) < 4.78 is 29.7. The number of halogens is 1. The third-order valence-corrected chi connectivity index (χ3v) is 6.92. The first-order valence-electron chi connectivity index (χ1n) is 7.20. The van der Waals surface area contributed by atoms with Crippen molar-refractivity contribution in [3.8, 4) is 0 Å². The van der Waals surface area contributed by atoms with E-state index in [1.54, 1.807) is 24.3 Å². The van der Waals surface area contributed by atoms with Crippen molar-refractivity contribution < 1.29 is 13.2 Å². The third kappa shape index (κ3) is 3.21. The van der Waals surface area contributed by atoms with Gasteiger partial charge in [0.05, 0.1) is 22.8 Å². The van der Waals surface area contributed by atoms with E-state index in [1.165, 1.54) is 19.9 Å².